The van der Waals surface area contributed by atoms with Gasteiger partial charge >= 0.3 is 0 Å². The van der Waals surface area contributed by atoms with Crippen LogP contribution in [0.25, 0.3) is 0 Å². The molecule has 2 heteroatoms. The third-order valence-corrected chi connectivity index (χ3v) is 1.99. The molecule has 0 aromatic heterocycles. The van der Waals surface area contributed by atoms with Gasteiger partial charge in [-0.3, -0.25) is 4.79 Å². The van der Waals surface area contributed by atoms with E-state index in [9.17, 15) is 4.79 Å². The fourth-order valence-electron chi connectivity index (χ4n) is 1.15. The summed E-state index contributed by atoms with van der Waals surface area (Å²) in [7, 11) is 0. The molecule has 0 saturated heterocycles. The molecule has 0 aromatic rings. The van der Waals surface area contributed by atoms with Crippen LogP contribution in [0.15, 0.2) is 12.7 Å². The molecule has 0 bridgehead atoms. The maximum atomic E-state index is 11.6. The topological polar surface area (TPSA) is 26.3 Å². The molecular formula is C11H20O2. The Kier molecular flexibility index (Phi) is 5.63. The van der Waals surface area contributed by atoms with Crippen molar-refractivity contribution in [3.8, 4) is 0 Å². The molecule has 76 valence electrons. The maximum Gasteiger partial charge on any atom is 0.164 e. The Morgan fingerprint density at radius 1 is 1.54 bits per heavy atom. The van der Waals surface area contributed by atoms with E-state index >= 15 is 0 Å². The van der Waals surface area contributed by atoms with Crippen LogP contribution in [0.3, 0.4) is 0 Å². The van der Waals surface area contributed by atoms with Gasteiger partial charge in [-0.15, -0.1) is 6.58 Å². The van der Waals surface area contributed by atoms with Crippen LogP contribution in [0.2, 0.25) is 0 Å². The summed E-state index contributed by atoms with van der Waals surface area (Å²) in [6.45, 7) is 9.75. The number of allylic oxidation sites excluding steroid dienone is 1. The van der Waals surface area contributed by atoms with Gasteiger partial charge in [0.05, 0.1) is 0 Å². The van der Waals surface area contributed by atoms with Crippen molar-refractivity contribution in [2.24, 2.45) is 0 Å². The number of ketones is 1. The minimum Gasteiger partial charge on any atom is -0.368 e. The van der Waals surface area contributed by atoms with E-state index in [0.717, 1.165) is 12.8 Å². The van der Waals surface area contributed by atoms with Crippen LogP contribution < -0.4 is 0 Å². The van der Waals surface area contributed by atoms with Gasteiger partial charge in [-0.25, -0.2) is 0 Å². The van der Waals surface area contributed by atoms with Gasteiger partial charge in [-0.1, -0.05) is 6.08 Å². The average Bonchev–Trinajstić information content (AvgIpc) is 2.04. The molecule has 0 amide bonds. The Morgan fingerprint density at radius 3 is 2.62 bits per heavy atom. The van der Waals surface area contributed by atoms with Crippen LogP contribution in [0.5, 0.6) is 0 Å². The number of hydrogen-bond donors (Lipinski definition) is 0. The normalized spacial score (nSPS) is 11.3. The maximum absolute atomic E-state index is 11.6. The van der Waals surface area contributed by atoms with Crippen LogP contribution >= 0.6 is 0 Å². The molecule has 0 aromatic carbocycles. The molecule has 0 rings (SSSR count). The lowest BCUT2D eigenvalue weighted by molar-refractivity contribution is -0.139. The van der Waals surface area contributed by atoms with E-state index < -0.39 is 5.60 Å². The smallest absolute Gasteiger partial charge is 0.164 e. The second kappa shape index (κ2) is 5.92. The van der Waals surface area contributed by atoms with Gasteiger partial charge in [0.2, 0.25) is 0 Å². The van der Waals surface area contributed by atoms with E-state index in [1.54, 1.807) is 0 Å². The van der Waals surface area contributed by atoms with E-state index in [0.29, 0.717) is 13.0 Å². The summed E-state index contributed by atoms with van der Waals surface area (Å²) >= 11 is 0. The summed E-state index contributed by atoms with van der Waals surface area (Å²) in [5, 5.41) is 0. The largest absolute Gasteiger partial charge is 0.368 e. The van der Waals surface area contributed by atoms with Crippen LogP contribution in [-0.4, -0.2) is 18.0 Å². The number of ether oxygens (including phenoxy) is 1. The first-order chi connectivity index (χ1) is 6.04. The molecule has 0 fully saturated rings. The van der Waals surface area contributed by atoms with Crippen molar-refractivity contribution in [2.45, 2.75) is 45.6 Å². The van der Waals surface area contributed by atoms with Crippen LogP contribution in [0.1, 0.15) is 40.0 Å². The van der Waals surface area contributed by atoms with Crippen molar-refractivity contribution in [1.29, 1.82) is 0 Å². The van der Waals surface area contributed by atoms with E-state index in [1.165, 1.54) is 0 Å². The molecule has 0 aliphatic carbocycles. The quantitative estimate of drug-likeness (QED) is 0.449. The predicted octanol–water partition coefficient (Wildman–Crippen LogP) is 2.73. The standard InChI is InChI=1S/C11H20O2/c1-5-7-8-9-10(12)11(3,4)13-6-2/h5H,1,6-9H2,2-4H3. The van der Waals surface area contributed by atoms with Crippen molar-refractivity contribution >= 4 is 5.78 Å². The highest BCUT2D eigenvalue weighted by molar-refractivity contribution is 5.86. The van der Waals surface area contributed by atoms with Gasteiger partial charge in [0.15, 0.2) is 5.78 Å². The molecule has 13 heavy (non-hydrogen) atoms. The first kappa shape index (κ1) is 12.4. The molecule has 0 radical (unpaired) electrons. The Labute approximate surface area is 81.0 Å². The van der Waals surface area contributed by atoms with Crippen LogP contribution in [-0.2, 0) is 9.53 Å². The van der Waals surface area contributed by atoms with Crippen molar-refractivity contribution in [2.75, 3.05) is 6.61 Å². The fraction of sp³-hybridized carbons (Fsp3) is 0.727. The lowest BCUT2D eigenvalue weighted by Crippen LogP contribution is -2.34. The number of hydrogen-bond acceptors (Lipinski definition) is 2. The summed E-state index contributed by atoms with van der Waals surface area (Å²) in [6.07, 6.45) is 4.19. The van der Waals surface area contributed by atoms with Crippen molar-refractivity contribution in [3.05, 3.63) is 12.7 Å². The van der Waals surface area contributed by atoms with Crippen LogP contribution in [0, 0.1) is 0 Å². The molecular weight excluding hydrogens is 164 g/mol. The number of unbranched alkanes of at least 4 members (excludes halogenated alkanes) is 1. The van der Waals surface area contributed by atoms with Gasteiger partial charge in [0.1, 0.15) is 5.60 Å². The summed E-state index contributed by atoms with van der Waals surface area (Å²) in [5.41, 5.74) is -0.615. The molecule has 0 spiro atoms. The number of Topliss-reactive ketones (excluding diaryl/α,β-unsaturated/α-hetero) is 1. The summed E-state index contributed by atoms with van der Waals surface area (Å²) in [5.74, 6) is 0.177. The lowest BCUT2D eigenvalue weighted by Gasteiger charge is -2.22. The highest BCUT2D eigenvalue weighted by Gasteiger charge is 2.26. The third-order valence-electron chi connectivity index (χ3n) is 1.99. The Balaban J connectivity index is 3.86. The monoisotopic (exact) mass is 184 g/mol. The molecule has 0 N–H and O–H groups in total. The predicted molar refractivity (Wildman–Crippen MR) is 54.8 cm³/mol. The number of carbonyl (C=O) groups is 1. The Morgan fingerprint density at radius 2 is 2.15 bits per heavy atom. The second-order valence-corrected chi connectivity index (χ2v) is 3.55. The van der Waals surface area contributed by atoms with Crippen molar-refractivity contribution in [1.82, 2.24) is 0 Å². The van der Waals surface area contributed by atoms with Gasteiger partial charge in [-0.2, -0.15) is 0 Å². The first-order valence-corrected chi connectivity index (χ1v) is 4.82. The average molecular weight is 184 g/mol. The summed E-state index contributed by atoms with van der Waals surface area (Å²) < 4.78 is 5.35. The SMILES string of the molecule is C=CCCCC(=O)C(C)(C)OCC. The van der Waals surface area contributed by atoms with Gasteiger partial charge < -0.3 is 4.74 Å². The van der Waals surface area contributed by atoms with Crippen molar-refractivity contribution in [3.63, 3.8) is 0 Å². The first-order valence-electron chi connectivity index (χ1n) is 4.82. The summed E-state index contributed by atoms with van der Waals surface area (Å²) in [6, 6.07) is 0. The third kappa shape index (κ3) is 4.83. The van der Waals surface area contributed by atoms with Crippen LogP contribution in [0.4, 0.5) is 0 Å². The Hall–Kier alpha value is -0.630. The molecule has 0 atom stereocenters. The zero-order chi connectivity index (χ0) is 10.3. The zero-order valence-corrected chi connectivity index (χ0v) is 8.93. The number of rotatable bonds is 7. The van der Waals surface area contributed by atoms with Gasteiger partial charge in [0, 0.05) is 13.0 Å². The fourth-order valence-corrected chi connectivity index (χ4v) is 1.15. The zero-order valence-electron chi connectivity index (χ0n) is 8.93. The summed E-state index contributed by atoms with van der Waals surface area (Å²) in [4.78, 5) is 11.6. The minimum absolute atomic E-state index is 0.177. The van der Waals surface area contributed by atoms with Crippen molar-refractivity contribution < 1.29 is 9.53 Å². The Bertz CT molecular complexity index is 171. The van der Waals surface area contributed by atoms with E-state index in [2.05, 4.69) is 6.58 Å². The molecule has 2 nitrogen and oxygen atoms in total. The molecule has 0 heterocycles. The molecule has 0 aliphatic rings. The molecule has 0 unspecified atom stereocenters. The molecule has 0 saturated carbocycles. The second-order valence-electron chi connectivity index (χ2n) is 3.55. The van der Waals surface area contributed by atoms with E-state index in [1.807, 2.05) is 26.8 Å². The van der Waals surface area contributed by atoms with E-state index in [-0.39, 0.29) is 5.78 Å². The highest BCUT2D eigenvalue weighted by atomic mass is 16.5. The van der Waals surface area contributed by atoms with E-state index in [4.69, 9.17) is 4.74 Å². The minimum atomic E-state index is -0.615. The van der Waals surface area contributed by atoms with Gasteiger partial charge in [0.25, 0.3) is 0 Å². The highest BCUT2D eigenvalue weighted by Crippen LogP contribution is 2.14. The molecule has 0 aliphatic heterocycles. The lowest BCUT2D eigenvalue weighted by atomic mass is 9.98. The number of carbonyl (C=O) groups excluding carboxylic acids is 1. The van der Waals surface area contributed by atoms with Gasteiger partial charge in [-0.05, 0) is 33.6 Å².